The SMILES string of the molecule is CN(C(=O)CC1CCCNC1)C1CCSC1. The second-order valence-corrected chi connectivity index (χ2v) is 6.09. The Morgan fingerprint density at radius 1 is 1.50 bits per heavy atom. The van der Waals surface area contributed by atoms with E-state index >= 15 is 0 Å². The van der Waals surface area contributed by atoms with Crippen LogP contribution in [-0.2, 0) is 4.79 Å². The van der Waals surface area contributed by atoms with Gasteiger partial charge in [0, 0.05) is 25.3 Å². The van der Waals surface area contributed by atoms with E-state index < -0.39 is 0 Å². The van der Waals surface area contributed by atoms with E-state index in [4.69, 9.17) is 0 Å². The maximum Gasteiger partial charge on any atom is 0.222 e. The summed E-state index contributed by atoms with van der Waals surface area (Å²) in [6, 6.07) is 0.494. The summed E-state index contributed by atoms with van der Waals surface area (Å²) in [4.78, 5) is 14.1. The molecule has 0 aromatic carbocycles. The normalized spacial score (nSPS) is 30.3. The maximum absolute atomic E-state index is 12.1. The largest absolute Gasteiger partial charge is 0.342 e. The van der Waals surface area contributed by atoms with Crippen molar-refractivity contribution in [3.05, 3.63) is 0 Å². The van der Waals surface area contributed by atoms with Gasteiger partial charge in [0.15, 0.2) is 0 Å². The molecule has 0 radical (unpaired) electrons. The van der Waals surface area contributed by atoms with Gasteiger partial charge in [0.05, 0.1) is 0 Å². The average Bonchev–Trinajstić information content (AvgIpc) is 2.83. The molecular formula is C12H22N2OS. The first-order chi connectivity index (χ1) is 7.77. The lowest BCUT2D eigenvalue weighted by molar-refractivity contribution is -0.132. The van der Waals surface area contributed by atoms with Crippen LogP contribution in [0, 0.1) is 5.92 Å². The van der Waals surface area contributed by atoms with E-state index in [0.717, 1.165) is 25.3 Å². The first kappa shape index (κ1) is 12.2. The Bertz CT molecular complexity index is 235. The number of amides is 1. The van der Waals surface area contributed by atoms with Crippen LogP contribution in [0.2, 0.25) is 0 Å². The van der Waals surface area contributed by atoms with Crippen LogP contribution in [-0.4, -0.2) is 48.5 Å². The molecule has 2 unspecified atom stereocenters. The van der Waals surface area contributed by atoms with Gasteiger partial charge in [-0.1, -0.05) is 0 Å². The van der Waals surface area contributed by atoms with Crippen molar-refractivity contribution in [3.8, 4) is 0 Å². The number of thioether (sulfide) groups is 1. The Balaban J connectivity index is 1.77. The smallest absolute Gasteiger partial charge is 0.222 e. The molecular weight excluding hydrogens is 220 g/mol. The van der Waals surface area contributed by atoms with Crippen molar-refractivity contribution < 1.29 is 4.79 Å². The summed E-state index contributed by atoms with van der Waals surface area (Å²) in [7, 11) is 1.98. The van der Waals surface area contributed by atoms with Gasteiger partial charge in [0.1, 0.15) is 0 Å². The molecule has 2 fully saturated rings. The Labute approximate surface area is 102 Å². The molecule has 1 amide bonds. The highest BCUT2D eigenvalue weighted by molar-refractivity contribution is 7.99. The fourth-order valence-corrected chi connectivity index (χ4v) is 3.79. The highest BCUT2D eigenvalue weighted by Crippen LogP contribution is 2.23. The summed E-state index contributed by atoms with van der Waals surface area (Å²) in [6.45, 7) is 2.15. The van der Waals surface area contributed by atoms with Crippen LogP contribution in [0.5, 0.6) is 0 Å². The Kier molecular flexibility index (Phi) is 4.53. The van der Waals surface area contributed by atoms with Gasteiger partial charge in [0.2, 0.25) is 5.91 Å². The second-order valence-electron chi connectivity index (χ2n) is 4.94. The standard InChI is InChI=1S/C12H22N2OS/c1-14(11-4-6-16-9-11)12(15)7-10-3-2-5-13-8-10/h10-11,13H,2-9H2,1H3. The van der Waals surface area contributed by atoms with Gasteiger partial charge in [0.25, 0.3) is 0 Å². The van der Waals surface area contributed by atoms with Gasteiger partial charge >= 0.3 is 0 Å². The molecule has 92 valence electrons. The van der Waals surface area contributed by atoms with Crippen molar-refractivity contribution in [3.63, 3.8) is 0 Å². The van der Waals surface area contributed by atoms with Crippen molar-refractivity contribution in [1.29, 1.82) is 0 Å². The summed E-state index contributed by atoms with van der Waals surface area (Å²) in [6.07, 6.45) is 4.35. The first-order valence-electron chi connectivity index (χ1n) is 6.31. The van der Waals surface area contributed by atoms with Crippen LogP contribution in [0.25, 0.3) is 0 Å². The van der Waals surface area contributed by atoms with Crippen molar-refractivity contribution in [2.75, 3.05) is 31.6 Å². The summed E-state index contributed by atoms with van der Waals surface area (Å²) in [5.74, 6) is 3.26. The maximum atomic E-state index is 12.1. The second kappa shape index (κ2) is 5.92. The molecule has 2 rings (SSSR count). The average molecular weight is 242 g/mol. The molecule has 3 nitrogen and oxygen atoms in total. The van der Waals surface area contributed by atoms with E-state index in [2.05, 4.69) is 5.32 Å². The molecule has 2 heterocycles. The molecule has 0 bridgehead atoms. The molecule has 2 atom stereocenters. The highest BCUT2D eigenvalue weighted by Gasteiger charge is 2.25. The van der Waals surface area contributed by atoms with Crippen molar-refractivity contribution >= 4 is 17.7 Å². The van der Waals surface area contributed by atoms with Gasteiger partial charge in [-0.25, -0.2) is 0 Å². The van der Waals surface area contributed by atoms with Crippen molar-refractivity contribution in [2.24, 2.45) is 5.92 Å². The summed E-state index contributed by atoms with van der Waals surface area (Å²) >= 11 is 1.97. The zero-order valence-electron chi connectivity index (χ0n) is 10.1. The Hall–Kier alpha value is -0.220. The van der Waals surface area contributed by atoms with E-state index in [1.165, 1.54) is 25.0 Å². The van der Waals surface area contributed by atoms with E-state index in [1.807, 2.05) is 23.7 Å². The Morgan fingerprint density at radius 2 is 2.38 bits per heavy atom. The van der Waals surface area contributed by atoms with Gasteiger partial charge in [-0.2, -0.15) is 11.8 Å². The van der Waals surface area contributed by atoms with Crippen molar-refractivity contribution in [1.82, 2.24) is 10.2 Å². The summed E-state index contributed by atoms with van der Waals surface area (Å²) in [5.41, 5.74) is 0. The molecule has 0 aromatic heterocycles. The van der Waals surface area contributed by atoms with Crippen LogP contribution in [0.1, 0.15) is 25.7 Å². The fraction of sp³-hybridized carbons (Fsp3) is 0.917. The number of carbonyl (C=O) groups excluding carboxylic acids is 1. The molecule has 0 aromatic rings. The minimum absolute atomic E-state index is 0.348. The van der Waals surface area contributed by atoms with Gasteiger partial charge < -0.3 is 10.2 Å². The molecule has 0 spiro atoms. The minimum atomic E-state index is 0.348. The zero-order valence-corrected chi connectivity index (χ0v) is 10.9. The minimum Gasteiger partial charge on any atom is -0.342 e. The van der Waals surface area contributed by atoms with E-state index in [-0.39, 0.29) is 0 Å². The van der Waals surface area contributed by atoms with Crippen LogP contribution < -0.4 is 5.32 Å². The lowest BCUT2D eigenvalue weighted by Crippen LogP contribution is -2.40. The zero-order chi connectivity index (χ0) is 11.4. The Morgan fingerprint density at radius 3 is 3.00 bits per heavy atom. The third-order valence-electron chi connectivity index (χ3n) is 3.71. The summed E-state index contributed by atoms with van der Waals surface area (Å²) in [5, 5.41) is 3.37. The number of hydrogen-bond donors (Lipinski definition) is 1. The molecule has 2 saturated heterocycles. The molecule has 1 N–H and O–H groups in total. The number of nitrogens with one attached hydrogen (secondary N) is 1. The number of rotatable bonds is 3. The molecule has 2 aliphatic heterocycles. The molecule has 0 aliphatic carbocycles. The molecule has 4 heteroatoms. The van der Waals surface area contributed by atoms with Crippen LogP contribution in [0.4, 0.5) is 0 Å². The predicted octanol–water partition coefficient (Wildman–Crippen LogP) is 1.34. The first-order valence-corrected chi connectivity index (χ1v) is 7.47. The van der Waals surface area contributed by atoms with Gasteiger partial charge in [-0.15, -0.1) is 0 Å². The third kappa shape index (κ3) is 3.14. The topological polar surface area (TPSA) is 32.3 Å². The van der Waals surface area contributed by atoms with E-state index in [0.29, 0.717) is 17.9 Å². The van der Waals surface area contributed by atoms with E-state index in [1.54, 1.807) is 0 Å². The van der Waals surface area contributed by atoms with Crippen LogP contribution in [0.3, 0.4) is 0 Å². The van der Waals surface area contributed by atoms with Crippen LogP contribution >= 0.6 is 11.8 Å². The van der Waals surface area contributed by atoms with Crippen LogP contribution in [0.15, 0.2) is 0 Å². The summed E-state index contributed by atoms with van der Waals surface area (Å²) < 4.78 is 0. The monoisotopic (exact) mass is 242 g/mol. The highest BCUT2D eigenvalue weighted by atomic mass is 32.2. The molecule has 0 saturated carbocycles. The van der Waals surface area contributed by atoms with Gasteiger partial charge in [-0.05, 0) is 44.0 Å². The number of nitrogens with zero attached hydrogens (tertiary/aromatic N) is 1. The van der Waals surface area contributed by atoms with Gasteiger partial charge in [-0.3, -0.25) is 4.79 Å². The quantitative estimate of drug-likeness (QED) is 0.810. The lowest BCUT2D eigenvalue weighted by atomic mass is 9.95. The van der Waals surface area contributed by atoms with E-state index in [9.17, 15) is 4.79 Å². The number of hydrogen-bond acceptors (Lipinski definition) is 3. The molecule has 16 heavy (non-hydrogen) atoms. The number of carbonyl (C=O) groups is 1. The number of piperidine rings is 1. The predicted molar refractivity (Wildman–Crippen MR) is 68.7 cm³/mol. The fourth-order valence-electron chi connectivity index (χ4n) is 2.52. The van der Waals surface area contributed by atoms with Crippen molar-refractivity contribution in [2.45, 2.75) is 31.7 Å². The molecule has 2 aliphatic rings. The lowest BCUT2D eigenvalue weighted by Gasteiger charge is -2.28. The third-order valence-corrected chi connectivity index (χ3v) is 4.85.